The van der Waals surface area contributed by atoms with E-state index in [4.69, 9.17) is 29.0 Å². The first-order valence-electron chi connectivity index (χ1n) is 22.9. The fraction of sp³-hybridized carbons (Fsp3) is 0.867. The molecule has 0 aliphatic carbocycles. The number of hydrogen-bond acceptors (Lipinski definition) is 9. The molecule has 0 aromatic heterocycles. The molecule has 56 heavy (non-hydrogen) atoms. The van der Waals surface area contributed by atoms with Crippen LogP contribution >= 0.6 is 7.82 Å². The van der Waals surface area contributed by atoms with Crippen LogP contribution in [0.15, 0.2) is 24.3 Å². The Kier molecular flexibility index (Phi) is 35.3. The van der Waals surface area contributed by atoms with E-state index in [0.29, 0.717) is 25.0 Å². The van der Waals surface area contributed by atoms with E-state index >= 15 is 0 Å². The number of ether oxygens (including phenoxy) is 3. The molecule has 1 aliphatic rings. The second kappa shape index (κ2) is 37.7. The van der Waals surface area contributed by atoms with Gasteiger partial charge in [-0.2, -0.15) is 0 Å². The molecule has 0 aromatic rings. The predicted molar refractivity (Wildman–Crippen MR) is 228 cm³/mol. The molecular weight excluding hydrogens is 729 g/mol. The van der Waals surface area contributed by atoms with Crippen molar-refractivity contribution in [2.45, 2.75) is 225 Å². The number of phosphoric acid groups is 1. The average Bonchev–Trinajstić information content (AvgIpc) is 3.94. The summed E-state index contributed by atoms with van der Waals surface area (Å²) in [6, 6.07) is 0. The van der Waals surface area contributed by atoms with E-state index in [2.05, 4.69) is 38.2 Å². The molecule has 328 valence electrons. The molecule has 3 N–H and O–H groups in total. The number of allylic oxidation sites excluding steroid dienone is 3. The molecule has 4 atom stereocenters. The van der Waals surface area contributed by atoms with E-state index in [1.54, 1.807) is 0 Å². The zero-order chi connectivity index (χ0) is 40.8. The van der Waals surface area contributed by atoms with Crippen molar-refractivity contribution in [3.63, 3.8) is 0 Å². The molecule has 0 aromatic carbocycles. The summed E-state index contributed by atoms with van der Waals surface area (Å²) in [6.07, 6.45) is 42.3. The monoisotopic (exact) mass is 814 g/mol. The average molecular weight is 814 g/mol. The standard InChI is InChI=1S/C45H84NO9P/c1-3-5-7-8-9-10-11-12-13-14-15-16-17-18-19-20-25-28-32-36-45(48)54-41(40-53-56(49,50)52-38-37-46)39-51-44(47)35-31-27-24-22-21-23-26-30-34-43-42(55-43)33-29-6-4-2/h12-13,26,30,41-43H,3-11,14-25,27-29,31-40,46H2,1-2H3,(H,49,50)/b13-12-,30-26-/t41-,42?,43?/m1/s1. The second-order valence-corrected chi connectivity index (χ2v) is 17.1. The van der Waals surface area contributed by atoms with Crippen LogP contribution in [0.3, 0.4) is 0 Å². The topological polar surface area (TPSA) is 147 Å². The Morgan fingerprint density at radius 3 is 1.66 bits per heavy atom. The first-order valence-corrected chi connectivity index (χ1v) is 24.4. The molecule has 0 amide bonds. The van der Waals surface area contributed by atoms with Crippen LogP contribution in [0.1, 0.15) is 206 Å². The van der Waals surface area contributed by atoms with E-state index in [0.717, 1.165) is 57.8 Å². The van der Waals surface area contributed by atoms with Gasteiger partial charge in [0, 0.05) is 19.4 Å². The van der Waals surface area contributed by atoms with Gasteiger partial charge in [-0.25, -0.2) is 4.57 Å². The zero-order valence-electron chi connectivity index (χ0n) is 35.8. The Morgan fingerprint density at radius 1 is 0.625 bits per heavy atom. The number of carbonyl (C=O) groups excluding carboxylic acids is 2. The summed E-state index contributed by atoms with van der Waals surface area (Å²) in [5.74, 6) is -0.847. The van der Waals surface area contributed by atoms with Crippen LogP contribution in [0.4, 0.5) is 0 Å². The van der Waals surface area contributed by atoms with Crippen molar-refractivity contribution in [1.29, 1.82) is 0 Å². The van der Waals surface area contributed by atoms with Crippen molar-refractivity contribution in [2.24, 2.45) is 5.73 Å². The van der Waals surface area contributed by atoms with Crippen LogP contribution in [0.5, 0.6) is 0 Å². The maximum atomic E-state index is 12.6. The lowest BCUT2D eigenvalue weighted by molar-refractivity contribution is -0.161. The third-order valence-electron chi connectivity index (χ3n) is 10.2. The Hall–Kier alpha value is -1.55. The first-order chi connectivity index (χ1) is 27.3. The lowest BCUT2D eigenvalue weighted by Crippen LogP contribution is -2.29. The van der Waals surface area contributed by atoms with Gasteiger partial charge in [0.25, 0.3) is 0 Å². The van der Waals surface area contributed by atoms with E-state index in [1.165, 1.54) is 109 Å². The van der Waals surface area contributed by atoms with Crippen molar-refractivity contribution < 1.29 is 42.3 Å². The molecule has 1 rings (SSSR count). The Morgan fingerprint density at radius 2 is 1.11 bits per heavy atom. The lowest BCUT2D eigenvalue weighted by Gasteiger charge is -2.19. The molecule has 3 unspecified atom stereocenters. The maximum Gasteiger partial charge on any atom is 0.472 e. The minimum atomic E-state index is -4.38. The summed E-state index contributed by atoms with van der Waals surface area (Å²) in [7, 11) is -4.38. The van der Waals surface area contributed by atoms with Crippen LogP contribution in [-0.2, 0) is 37.4 Å². The molecule has 1 aliphatic heterocycles. The number of phosphoric ester groups is 1. The van der Waals surface area contributed by atoms with Gasteiger partial charge in [0.05, 0.1) is 25.4 Å². The van der Waals surface area contributed by atoms with Gasteiger partial charge in [-0.15, -0.1) is 0 Å². The first kappa shape index (κ1) is 52.5. The minimum absolute atomic E-state index is 0.0497. The third-order valence-corrected chi connectivity index (χ3v) is 11.2. The Balaban J connectivity index is 2.14. The van der Waals surface area contributed by atoms with Crippen molar-refractivity contribution in [1.82, 2.24) is 0 Å². The number of epoxide rings is 1. The molecule has 1 saturated heterocycles. The van der Waals surface area contributed by atoms with Gasteiger partial charge in [-0.05, 0) is 64.2 Å². The SMILES string of the molecule is CCCCCCCC/C=C\CCCCCCCCCCCC(=O)O[C@H](COC(=O)CCCCCCC/C=C\CC1OC1CCCCC)COP(=O)(O)OCCN. The largest absolute Gasteiger partial charge is 0.472 e. The number of rotatable bonds is 42. The van der Waals surface area contributed by atoms with Crippen LogP contribution in [0.25, 0.3) is 0 Å². The van der Waals surface area contributed by atoms with Gasteiger partial charge in [0.1, 0.15) is 6.61 Å². The van der Waals surface area contributed by atoms with Gasteiger partial charge in [0.2, 0.25) is 0 Å². The zero-order valence-corrected chi connectivity index (χ0v) is 36.7. The summed E-state index contributed by atoms with van der Waals surface area (Å²) in [6.45, 7) is 3.69. The number of nitrogens with two attached hydrogens (primary N) is 1. The van der Waals surface area contributed by atoms with Crippen molar-refractivity contribution in [2.75, 3.05) is 26.4 Å². The van der Waals surface area contributed by atoms with E-state index in [-0.39, 0.29) is 32.6 Å². The van der Waals surface area contributed by atoms with Gasteiger partial charge < -0.3 is 24.8 Å². The van der Waals surface area contributed by atoms with E-state index in [9.17, 15) is 19.0 Å². The molecule has 0 saturated carbocycles. The molecule has 11 heteroatoms. The fourth-order valence-electron chi connectivity index (χ4n) is 6.69. The highest BCUT2D eigenvalue weighted by Crippen LogP contribution is 2.43. The fourth-order valence-corrected chi connectivity index (χ4v) is 7.46. The highest BCUT2D eigenvalue weighted by atomic mass is 31.2. The van der Waals surface area contributed by atoms with E-state index < -0.39 is 32.5 Å². The summed E-state index contributed by atoms with van der Waals surface area (Å²) in [5, 5.41) is 0. The van der Waals surface area contributed by atoms with Crippen LogP contribution < -0.4 is 5.73 Å². The summed E-state index contributed by atoms with van der Waals surface area (Å²) in [4.78, 5) is 34.9. The van der Waals surface area contributed by atoms with Gasteiger partial charge in [-0.3, -0.25) is 18.6 Å². The van der Waals surface area contributed by atoms with Crippen LogP contribution in [-0.4, -0.2) is 61.5 Å². The van der Waals surface area contributed by atoms with Crippen molar-refractivity contribution in [3.05, 3.63) is 24.3 Å². The number of hydrogen-bond donors (Lipinski definition) is 2. The summed E-state index contributed by atoms with van der Waals surface area (Å²) in [5.41, 5.74) is 5.35. The van der Waals surface area contributed by atoms with Gasteiger partial charge >= 0.3 is 19.8 Å². The quantitative estimate of drug-likeness (QED) is 0.0201. The van der Waals surface area contributed by atoms with Crippen molar-refractivity contribution >= 4 is 19.8 Å². The highest BCUT2D eigenvalue weighted by molar-refractivity contribution is 7.47. The van der Waals surface area contributed by atoms with Crippen LogP contribution in [0, 0.1) is 0 Å². The Labute approximate surface area is 342 Å². The molecule has 0 bridgehead atoms. The van der Waals surface area contributed by atoms with Crippen LogP contribution in [0.2, 0.25) is 0 Å². The second-order valence-electron chi connectivity index (χ2n) is 15.7. The minimum Gasteiger partial charge on any atom is -0.462 e. The normalized spacial score (nSPS) is 17.1. The molecule has 0 radical (unpaired) electrons. The molecular formula is C45H84NO9P. The highest BCUT2D eigenvalue weighted by Gasteiger charge is 2.36. The summed E-state index contributed by atoms with van der Waals surface area (Å²) < 4.78 is 38.6. The number of unbranched alkanes of at least 4 members (excludes halogenated alkanes) is 22. The third kappa shape index (κ3) is 34.5. The summed E-state index contributed by atoms with van der Waals surface area (Å²) >= 11 is 0. The van der Waals surface area contributed by atoms with Gasteiger partial charge in [-0.1, -0.05) is 154 Å². The molecule has 10 nitrogen and oxygen atoms in total. The molecule has 0 spiro atoms. The smallest absolute Gasteiger partial charge is 0.462 e. The van der Waals surface area contributed by atoms with Gasteiger partial charge in [0.15, 0.2) is 6.10 Å². The Bertz CT molecular complexity index is 1040. The number of esters is 2. The van der Waals surface area contributed by atoms with Crippen molar-refractivity contribution in [3.8, 4) is 0 Å². The molecule has 1 fully saturated rings. The lowest BCUT2D eigenvalue weighted by atomic mass is 10.1. The predicted octanol–water partition coefficient (Wildman–Crippen LogP) is 12.2. The number of carbonyl (C=O) groups is 2. The van der Waals surface area contributed by atoms with E-state index in [1.807, 2.05) is 0 Å². The maximum absolute atomic E-state index is 12.6. The molecule has 1 heterocycles.